The highest BCUT2D eigenvalue weighted by Crippen LogP contribution is 2.60. The van der Waals surface area contributed by atoms with Gasteiger partial charge < -0.3 is 9.84 Å². The fourth-order valence-electron chi connectivity index (χ4n) is 4.49. The van der Waals surface area contributed by atoms with Gasteiger partial charge in [-0.15, -0.1) is 0 Å². The van der Waals surface area contributed by atoms with Crippen molar-refractivity contribution >= 4 is 17.7 Å². The van der Waals surface area contributed by atoms with Crippen molar-refractivity contribution in [2.24, 2.45) is 5.41 Å². The van der Waals surface area contributed by atoms with Gasteiger partial charge in [0.2, 0.25) is 0 Å². The molecule has 2 aliphatic rings. The predicted octanol–water partition coefficient (Wildman–Crippen LogP) is 5.77. The summed E-state index contributed by atoms with van der Waals surface area (Å²) in [6.07, 6.45) is 6.78. The molecule has 144 valence electrons. The lowest BCUT2D eigenvalue weighted by atomic mass is 9.80. The van der Waals surface area contributed by atoms with Gasteiger partial charge in [0.25, 0.3) is 0 Å². The Kier molecular flexibility index (Phi) is 5.58. The zero-order valence-electron chi connectivity index (χ0n) is 14.5. The van der Waals surface area contributed by atoms with E-state index < -0.39 is 11.5 Å². The molecule has 26 heavy (non-hydrogen) atoms. The van der Waals surface area contributed by atoms with E-state index in [1.165, 1.54) is 6.07 Å². The first-order chi connectivity index (χ1) is 12.2. The van der Waals surface area contributed by atoms with Gasteiger partial charge in [0.15, 0.2) is 0 Å². The van der Waals surface area contributed by atoms with E-state index in [2.05, 4.69) is 0 Å². The highest BCUT2D eigenvalue weighted by Gasteiger charge is 2.54. The Labute approximate surface area is 155 Å². The minimum Gasteiger partial charge on any atom is -0.481 e. The second-order valence-corrected chi connectivity index (χ2v) is 8.73. The summed E-state index contributed by atoms with van der Waals surface area (Å²) in [7, 11) is 0. The van der Waals surface area contributed by atoms with Crippen molar-refractivity contribution in [2.45, 2.75) is 74.0 Å². The van der Waals surface area contributed by atoms with Gasteiger partial charge in [0, 0.05) is 11.3 Å². The maximum Gasteiger partial charge on any atom is 0.446 e. The molecule has 0 heterocycles. The van der Waals surface area contributed by atoms with Gasteiger partial charge >= 0.3 is 11.5 Å². The van der Waals surface area contributed by atoms with E-state index >= 15 is 0 Å². The van der Waals surface area contributed by atoms with Crippen molar-refractivity contribution < 1.29 is 27.8 Å². The topological polar surface area (TPSA) is 46.5 Å². The van der Waals surface area contributed by atoms with Crippen molar-refractivity contribution in [1.82, 2.24) is 0 Å². The molecule has 0 spiro atoms. The molecule has 0 atom stereocenters. The summed E-state index contributed by atoms with van der Waals surface area (Å²) in [6.45, 7) is 0.317. The molecule has 2 aliphatic carbocycles. The van der Waals surface area contributed by atoms with Crippen molar-refractivity contribution in [1.29, 1.82) is 0 Å². The van der Waals surface area contributed by atoms with Crippen molar-refractivity contribution in [2.75, 3.05) is 0 Å². The molecule has 0 aromatic heterocycles. The average Bonchev–Trinajstić information content (AvgIpc) is 3.08. The molecular formula is C19H23F3O3S. The molecule has 1 N–H and O–H groups in total. The lowest BCUT2D eigenvalue weighted by molar-refractivity contribution is -0.137. The highest BCUT2D eigenvalue weighted by molar-refractivity contribution is 8.00. The van der Waals surface area contributed by atoms with Crippen LogP contribution in [0, 0.1) is 5.41 Å². The van der Waals surface area contributed by atoms with E-state index in [9.17, 15) is 18.0 Å². The van der Waals surface area contributed by atoms with E-state index in [1.807, 2.05) is 0 Å². The normalized spacial score (nSPS) is 27.8. The number of fused-ring (bicyclic) bond motifs is 2. The van der Waals surface area contributed by atoms with Crippen LogP contribution in [-0.2, 0) is 16.1 Å². The molecule has 3 rings (SSSR count). The van der Waals surface area contributed by atoms with Gasteiger partial charge in [-0.2, -0.15) is 13.2 Å². The number of hydrogen-bond acceptors (Lipinski definition) is 3. The Morgan fingerprint density at radius 3 is 2.62 bits per heavy atom. The molecule has 7 heteroatoms. The summed E-state index contributed by atoms with van der Waals surface area (Å²) in [4.78, 5) is 10.9. The second-order valence-electron chi connectivity index (χ2n) is 7.59. The maximum atomic E-state index is 12.5. The molecule has 0 aliphatic heterocycles. The van der Waals surface area contributed by atoms with Crippen LogP contribution >= 0.6 is 11.8 Å². The number of carbonyl (C=O) groups is 1. The van der Waals surface area contributed by atoms with Crippen LogP contribution in [0.4, 0.5) is 13.2 Å². The molecule has 0 amide bonds. The van der Waals surface area contributed by atoms with E-state index in [1.54, 1.807) is 18.2 Å². The van der Waals surface area contributed by atoms with E-state index in [-0.39, 0.29) is 34.1 Å². The van der Waals surface area contributed by atoms with Crippen molar-refractivity contribution in [3.63, 3.8) is 0 Å². The highest BCUT2D eigenvalue weighted by atomic mass is 32.2. The molecule has 2 fully saturated rings. The van der Waals surface area contributed by atoms with Gasteiger partial charge in [-0.3, -0.25) is 4.79 Å². The molecule has 0 saturated heterocycles. The molecule has 3 nitrogen and oxygen atoms in total. The maximum absolute atomic E-state index is 12.5. The van der Waals surface area contributed by atoms with Gasteiger partial charge in [0.05, 0.1) is 12.2 Å². The Bertz CT molecular complexity index is 652. The third-order valence-electron chi connectivity index (χ3n) is 5.69. The molecule has 2 bridgehead atoms. The molecule has 0 radical (unpaired) electrons. The molecule has 1 aromatic rings. The summed E-state index contributed by atoms with van der Waals surface area (Å²) in [6, 6.07) is 6.42. The lowest BCUT2D eigenvalue weighted by Crippen LogP contribution is -2.26. The lowest BCUT2D eigenvalue weighted by Gasteiger charge is -2.28. The molecule has 0 unspecified atom stereocenters. The number of aliphatic carboxylic acids is 1. The third-order valence-corrected chi connectivity index (χ3v) is 6.41. The smallest absolute Gasteiger partial charge is 0.446 e. The van der Waals surface area contributed by atoms with Crippen LogP contribution in [0.15, 0.2) is 29.2 Å². The number of carboxylic acids is 1. The summed E-state index contributed by atoms with van der Waals surface area (Å²) in [5.74, 6) is -0.753. The fraction of sp³-hybridized carbons (Fsp3) is 0.632. The third kappa shape index (κ3) is 4.94. The zero-order valence-corrected chi connectivity index (χ0v) is 15.3. The summed E-state index contributed by atoms with van der Waals surface area (Å²) in [5, 5.41) is 8.81. The van der Waals surface area contributed by atoms with Gasteiger partial charge in [0.1, 0.15) is 0 Å². The number of rotatable bonds is 8. The van der Waals surface area contributed by atoms with Crippen LogP contribution in [0.1, 0.15) is 56.9 Å². The SMILES string of the molecule is O=C(O)CCCC12CCC(OCc3cccc(SC(F)(F)F)c3)(CC1)C2. The second kappa shape index (κ2) is 7.43. The van der Waals surface area contributed by atoms with E-state index in [0.29, 0.717) is 13.0 Å². The van der Waals surface area contributed by atoms with Crippen LogP contribution in [-0.4, -0.2) is 22.2 Å². The van der Waals surface area contributed by atoms with Gasteiger partial charge in [-0.25, -0.2) is 0 Å². The molecule has 2 saturated carbocycles. The van der Waals surface area contributed by atoms with E-state index in [4.69, 9.17) is 9.84 Å². The number of benzene rings is 1. The van der Waals surface area contributed by atoms with E-state index in [0.717, 1.165) is 44.1 Å². The molecular weight excluding hydrogens is 365 g/mol. The number of hydrogen-bond donors (Lipinski definition) is 1. The summed E-state index contributed by atoms with van der Waals surface area (Å²) >= 11 is -0.107. The summed E-state index contributed by atoms with van der Waals surface area (Å²) in [5.41, 5.74) is -3.52. The number of ether oxygens (including phenoxy) is 1. The first-order valence-corrected chi connectivity index (χ1v) is 9.72. The Morgan fingerprint density at radius 1 is 1.23 bits per heavy atom. The first kappa shape index (κ1) is 19.5. The van der Waals surface area contributed by atoms with Crippen LogP contribution in [0.5, 0.6) is 0 Å². The largest absolute Gasteiger partial charge is 0.481 e. The first-order valence-electron chi connectivity index (χ1n) is 8.90. The Hall–Kier alpha value is -1.21. The van der Waals surface area contributed by atoms with Gasteiger partial charge in [-0.05, 0) is 79.8 Å². The Balaban J connectivity index is 1.54. The van der Waals surface area contributed by atoms with Crippen LogP contribution < -0.4 is 0 Å². The standard InChI is InChI=1S/C19H23F3O3S/c20-19(21,22)26-15-4-1-3-14(11-15)12-25-18-9-7-17(13-18,8-10-18)6-2-5-16(23)24/h1,3-4,11H,2,5-10,12-13H2,(H,23,24). The van der Waals surface area contributed by atoms with Crippen molar-refractivity contribution in [3.8, 4) is 0 Å². The number of thioether (sulfide) groups is 1. The predicted molar refractivity (Wildman–Crippen MR) is 92.9 cm³/mol. The minimum atomic E-state index is -4.29. The van der Waals surface area contributed by atoms with Gasteiger partial charge in [-0.1, -0.05) is 12.1 Å². The monoisotopic (exact) mass is 388 g/mol. The molecule has 1 aromatic carbocycles. The number of carboxylic acid groups (broad SMARTS) is 1. The minimum absolute atomic E-state index is 0.107. The average molecular weight is 388 g/mol. The number of alkyl halides is 3. The van der Waals surface area contributed by atoms with Crippen LogP contribution in [0.25, 0.3) is 0 Å². The number of halogens is 3. The quantitative estimate of drug-likeness (QED) is 0.574. The summed E-state index contributed by atoms with van der Waals surface area (Å²) < 4.78 is 43.7. The zero-order chi connectivity index (χ0) is 18.8. The van der Waals surface area contributed by atoms with Crippen molar-refractivity contribution in [3.05, 3.63) is 29.8 Å². The van der Waals surface area contributed by atoms with Crippen LogP contribution in [0.2, 0.25) is 0 Å². The fourth-order valence-corrected chi connectivity index (χ4v) is 5.11. The van der Waals surface area contributed by atoms with Crippen LogP contribution in [0.3, 0.4) is 0 Å². The Morgan fingerprint density at radius 2 is 1.96 bits per heavy atom.